The van der Waals surface area contributed by atoms with E-state index in [4.69, 9.17) is 28.2 Å². The van der Waals surface area contributed by atoms with E-state index in [-0.39, 0.29) is 54.2 Å². The molecule has 7 N–H and O–H groups in total. The van der Waals surface area contributed by atoms with Gasteiger partial charge in [0.1, 0.15) is 22.8 Å². The third-order valence-electron chi connectivity index (χ3n) is 11.1. The molecule has 338 valence electrons. The van der Waals surface area contributed by atoms with Crippen LogP contribution in [0.4, 0.5) is 17.6 Å². The average molecular weight is 939 g/mol. The van der Waals surface area contributed by atoms with Gasteiger partial charge in [0.25, 0.3) is 11.8 Å². The largest absolute Gasteiger partial charge is 0.394 e. The number of rotatable bonds is 17. The Morgan fingerprint density at radius 2 is 1.20 bits per heavy atom. The second kappa shape index (κ2) is 22.3. The van der Waals surface area contributed by atoms with Crippen LogP contribution in [0.15, 0.2) is 115 Å². The molecule has 2 fully saturated rings. The summed E-state index contributed by atoms with van der Waals surface area (Å²) < 4.78 is 11.8. The Morgan fingerprint density at radius 1 is 0.692 bits per heavy atom. The minimum Gasteiger partial charge on any atom is -0.394 e. The maximum absolute atomic E-state index is 13.1. The summed E-state index contributed by atoms with van der Waals surface area (Å²) in [6.45, 7) is 2.06. The third kappa shape index (κ3) is 12.2. The fourth-order valence-corrected chi connectivity index (χ4v) is 8.38. The van der Waals surface area contributed by atoms with Crippen LogP contribution in [0.5, 0.6) is 0 Å². The molecule has 1 aliphatic heterocycles. The molecule has 0 bridgehead atoms. The van der Waals surface area contributed by atoms with Crippen molar-refractivity contribution in [2.75, 3.05) is 34.9 Å². The highest BCUT2D eigenvalue weighted by Gasteiger charge is 2.53. The van der Waals surface area contributed by atoms with E-state index in [9.17, 15) is 29.1 Å². The predicted octanol–water partition coefficient (Wildman–Crippen LogP) is 5.88. The van der Waals surface area contributed by atoms with Gasteiger partial charge in [-0.3, -0.25) is 13.8 Å². The number of nitrogens with zero attached hydrogens (tertiary/aromatic N) is 5. The molecule has 15 nitrogen and oxygen atoms in total. The summed E-state index contributed by atoms with van der Waals surface area (Å²) in [7, 11) is -1.39. The average Bonchev–Trinajstić information content (AvgIpc) is 4.01. The first-order chi connectivity index (χ1) is 31.5. The van der Waals surface area contributed by atoms with Gasteiger partial charge in [0.05, 0.1) is 36.7 Å². The zero-order chi connectivity index (χ0) is 45.9. The number of fused-ring (bicyclic) bond motifs is 1. The highest BCUT2D eigenvalue weighted by Crippen LogP contribution is 2.50. The number of nitrogens with one attached hydrogen (secondary N) is 4. The number of piperidine rings is 1. The van der Waals surface area contributed by atoms with E-state index < -0.39 is 10.8 Å². The van der Waals surface area contributed by atoms with Crippen molar-refractivity contribution < 1.29 is 29.1 Å². The van der Waals surface area contributed by atoms with Gasteiger partial charge in [-0.1, -0.05) is 108 Å². The zero-order valence-electron chi connectivity index (χ0n) is 35.5. The van der Waals surface area contributed by atoms with Crippen LogP contribution in [0.3, 0.4) is 0 Å². The highest BCUT2D eigenvalue weighted by atomic mass is 35.5. The standard InChI is InChI=1S/C26H28ClN5O3.C21H21ClN4O3S/c27-22-8-17(6-7-18(22)14-33)11-28-24-21(25(35)29-10-16-4-2-1-3-5-16)12-30-26(31-24)32-13-19-9-20(19)23(32)15-34;1-30(29)21-25-12-17(20(28)24-10-14-5-3-2-4-6-14)19(26-21)23-11-15-7-8-16(13-27)18(22)9-15/h1-8,12,19-20,23,33-34H,9-11,13-15H2,(H,29,35)(H,28,30,31);2-9,12,27H,10-11,13H2,1H3,(H,24,28)(H,23,25,26). The van der Waals surface area contributed by atoms with Gasteiger partial charge in [0.2, 0.25) is 11.1 Å². The van der Waals surface area contributed by atoms with Gasteiger partial charge in [-0.05, 0) is 63.8 Å². The molecule has 1 saturated heterocycles. The Balaban J connectivity index is 0.000000197. The maximum atomic E-state index is 13.1. The quantitative estimate of drug-likeness (QED) is 0.0533. The van der Waals surface area contributed by atoms with Gasteiger partial charge in [0.15, 0.2) is 0 Å². The third-order valence-corrected chi connectivity index (χ3v) is 12.5. The molecule has 2 aromatic heterocycles. The van der Waals surface area contributed by atoms with Crippen molar-refractivity contribution in [3.63, 3.8) is 0 Å². The van der Waals surface area contributed by atoms with E-state index in [0.717, 1.165) is 35.2 Å². The van der Waals surface area contributed by atoms with Crippen LogP contribution >= 0.6 is 23.2 Å². The molecular weight excluding hydrogens is 890 g/mol. The molecule has 6 aromatic rings. The van der Waals surface area contributed by atoms with Crippen LogP contribution in [-0.2, 0) is 50.2 Å². The Hall–Kier alpha value is -6.01. The molecule has 4 aromatic carbocycles. The fraction of sp³-hybridized carbons (Fsp3) is 0.277. The fourth-order valence-electron chi connectivity index (χ4n) is 7.43. The van der Waals surface area contributed by atoms with Gasteiger partial charge >= 0.3 is 0 Å². The van der Waals surface area contributed by atoms with Gasteiger partial charge in [-0.25, -0.2) is 15.0 Å². The second-order valence-electron chi connectivity index (χ2n) is 15.6. The van der Waals surface area contributed by atoms with Crippen LogP contribution in [0.25, 0.3) is 0 Å². The van der Waals surface area contributed by atoms with Crippen molar-refractivity contribution in [1.82, 2.24) is 30.6 Å². The second-order valence-corrected chi connectivity index (χ2v) is 17.7. The summed E-state index contributed by atoms with van der Waals surface area (Å²) >= 11 is 12.4. The normalized spacial score (nSPS) is 16.4. The summed E-state index contributed by atoms with van der Waals surface area (Å²) in [6, 6.07) is 30.0. The Labute approximate surface area is 389 Å². The number of aromatic nitrogens is 4. The van der Waals surface area contributed by atoms with Gasteiger partial charge in [0, 0.05) is 61.4 Å². The molecule has 1 saturated carbocycles. The molecule has 1 aliphatic carbocycles. The zero-order valence-corrected chi connectivity index (χ0v) is 37.8. The number of hydrogen-bond acceptors (Lipinski definition) is 13. The van der Waals surface area contributed by atoms with Crippen LogP contribution in [0, 0.1) is 11.8 Å². The predicted molar refractivity (Wildman–Crippen MR) is 251 cm³/mol. The van der Waals surface area contributed by atoms with Crippen molar-refractivity contribution in [3.8, 4) is 0 Å². The lowest BCUT2D eigenvalue weighted by Crippen LogP contribution is -2.37. The summed E-state index contributed by atoms with van der Waals surface area (Å²) in [5.41, 5.74) is 5.56. The van der Waals surface area contributed by atoms with Crippen molar-refractivity contribution in [2.45, 2.75) is 57.0 Å². The molecule has 65 heavy (non-hydrogen) atoms. The molecule has 4 atom stereocenters. The first kappa shape index (κ1) is 47.0. The van der Waals surface area contributed by atoms with Gasteiger partial charge in [-0.15, -0.1) is 0 Å². The summed E-state index contributed by atoms with van der Waals surface area (Å²) in [5.74, 6) is 1.65. The molecule has 8 rings (SSSR count). The number of anilines is 3. The summed E-state index contributed by atoms with van der Waals surface area (Å²) in [4.78, 5) is 45.3. The van der Waals surface area contributed by atoms with Crippen LogP contribution in [0.1, 0.15) is 60.5 Å². The molecule has 4 unspecified atom stereocenters. The number of carbonyl (C=O) groups excluding carboxylic acids is 2. The number of amides is 2. The maximum Gasteiger partial charge on any atom is 0.256 e. The minimum atomic E-state index is -1.39. The van der Waals surface area contributed by atoms with E-state index in [2.05, 4.69) is 36.2 Å². The van der Waals surface area contributed by atoms with Gasteiger partial charge < -0.3 is 41.5 Å². The number of halogens is 2. The number of hydrogen-bond donors (Lipinski definition) is 7. The first-order valence-corrected chi connectivity index (χ1v) is 23.2. The van der Waals surface area contributed by atoms with Gasteiger partial charge in [-0.2, -0.15) is 4.98 Å². The van der Waals surface area contributed by atoms with Crippen LogP contribution in [-0.4, -0.2) is 76.7 Å². The number of aliphatic hydroxyl groups excluding tert-OH is 3. The lowest BCUT2D eigenvalue weighted by molar-refractivity contribution is 0.0942. The van der Waals surface area contributed by atoms with E-state index in [0.29, 0.717) is 76.5 Å². The van der Waals surface area contributed by atoms with Crippen molar-refractivity contribution in [2.24, 2.45) is 11.8 Å². The Bertz CT molecular complexity index is 2630. The molecule has 0 spiro atoms. The highest BCUT2D eigenvalue weighted by molar-refractivity contribution is 7.84. The molecule has 2 amide bonds. The monoisotopic (exact) mass is 937 g/mol. The smallest absolute Gasteiger partial charge is 0.256 e. The van der Waals surface area contributed by atoms with Crippen molar-refractivity contribution >= 4 is 63.4 Å². The minimum absolute atomic E-state index is 0.00967. The first-order valence-electron chi connectivity index (χ1n) is 20.9. The molecule has 2 aliphatic rings. The van der Waals surface area contributed by atoms with E-state index in [1.165, 1.54) is 12.5 Å². The lowest BCUT2D eigenvalue weighted by atomic mass is 10.1. The van der Waals surface area contributed by atoms with E-state index in [1.54, 1.807) is 30.5 Å². The number of aliphatic hydroxyl groups is 3. The topological polar surface area (TPSA) is 215 Å². The number of benzene rings is 4. The molecule has 0 radical (unpaired) electrons. The number of carbonyl (C=O) groups is 2. The van der Waals surface area contributed by atoms with E-state index >= 15 is 0 Å². The van der Waals surface area contributed by atoms with Crippen LogP contribution in [0.2, 0.25) is 10.0 Å². The van der Waals surface area contributed by atoms with Crippen molar-refractivity contribution in [1.29, 1.82) is 0 Å². The molecular formula is C47H49Cl2N9O6S. The summed E-state index contributed by atoms with van der Waals surface area (Å²) in [5, 5.41) is 41.7. The summed E-state index contributed by atoms with van der Waals surface area (Å²) in [6.07, 6.45) is 5.53. The van der Waals surface area contributed by atoms with E-state index in [1.807, 2.05) is 77.7 Å². The molecule has 18 heteroatoms. The Kier molecular flexibility index (Phi) is 16.1. The lowest BCUT2D eigenvalue weighted by Gasteiger charge is -2.26. The Morgan fingerprint density at radius 3 is 1.68 bits per heavy atom. The molecule has 3 heterocycles. The van der Waals surface area contributed by atoms with Crippen LogP contribution < -0.4 is 26.2 Å². The SMILES string of the molecule is CS(=O)c1ncc(C(=O)NCc2ccccc2)c(NCc2ccc(CO)c(Cl)c2)n1.O=C(NCc1ccccc1)c1cnc(N2CC3CC3C2CO)nc1NCc1ccc(CO)c(Cl)c1. The van der Waals surface area contributed by atoms with Crippen molar-refractivity contribution in [3.05, 3.63) is 164 Å².